The van der Waals surface area contributed by atoms with Gasteiger partial charge in [0, 0.05) is 55.2 Å². The van der Waals surface area contributed by atoms with E-state index in [0.29, 0.717) is 30.6 Å². The van der Waals surface area contributed by atoms with E-state index in [1.807, 2.05) is 31.6 Å². The Morgan fingerprint density at radius 3 is 2.70 bits per heavy atom. The van der Waals surface area contributed by atoms with Gasteiger partial charge in [-0.15, -0.1) is 0 Å². The maximum atomic E-state index is 15.0. The van der Waals surface area contributed by atoms with Gasteiger partial charge in [-0.25, -0.2) is 9.37 Å². The summed E-state index contributed by atoms with van der Waals surface area (Å²) in [5.41, 5.74) is 1.19. The summed E-state index contributed by atoms with van der Waals surface area (Å²) in [5, 5.41) is 9.41. The van der Waals surface area contributed by atoms with Crippen molar-refractivity contribution in [1.29, 1.82) is 0 Å². The summed E-state index contributed by atoms with van der Waals surface area (Å²) in [4.78, 5) is 6.62. The van der Waals surface area contributed by atoms with Crippen molar-refractivity contribution in [3.63, 3.8) is 0 Å². The number of rotatable bonds is 5. The van der Waals surface area contributed by atoms with Gasteiger partial charge >= 0.3 is 0 Å². The molecular formula is C21H22FN5. The van der Waals surface area contributed by atoms with Crippen molar-refractivity contribution in [2.45, 2.75) is 24.6 Å². The Balaban J connectivity index is 1.36. The van der Waals surface area contributed by atoms with Crippen molar-refractivity contribution in [2.75, 3.05) is 18.4 Å². The highest BCUT2D eigenvalue weighted by atomic mass is 19.1. The van der Waals surface area contributed by atoms with Crippen LogP contribution in [0.25, 0.3) is 21.9 Å². The van der Waals surface area contributed by atoms with E-state index in [9.17, 15) is 4.39 Å². The van der Waals surface area contributed by atoms with Crippen LogP contribution in [-0.4, -0.2) is 44.5 Å². The van der Waals surface area contributed by atoms with E-state index in [0.717, 1.165) is 21.9 Å². The molecule has 5 nitrogen and oxygen atoms in total. The molecule has 3 aromatic rings. The van der Waals surface area contributed by atoms with Crippen LogP contribution >= 0.6 is 0 Å². The standard InChI is InChI=1S/C21H22FN5/c1-14(21(22)12-27(13-21)19-5-6-19)25-20-8-17-7-15(3-4-16(17)9-23-20)18-10-24-26(2)11-18/h3-4,7-11,19H,1,5-6,12-13H2,2H3,(H,23,25). The molecular weight excluding hydrogens is 341 g/mol. The molecule has 1 aliphatic heterocycles. The van der Waals surface area contributed by atoms with Gasteiger partial charge in [-0.3, -0.25) is 9.58 Å². The average Bonchev–Trinajstić information content (AvgIpc) is 3.38. The van der Waals surface area contributed by atoms with Crippen LogP contribution in [0.1, 0.15) is 12.8 Å². The molecule has 1 aliphatic carbocycles. The third-order valence-electron chi connectivity index (χ3n) is 5.55. The zero-order chi connectivity index (χ0) is 18.6. The van der Waals surface area contributed by atoms with Gasteiger partial charge in [0.2, 0.25) is 0 Å². The van der Waals surface area contributed by atoms with Crippen LogP contribution in [-0.2, 0) is 7.05 Å². The third kappa shape index (κ3) is 3.00. The fourth-order valence-electron chi connectivity index (χ4n) is 3.71. The Bertz CT molecular complexity index is 1030. The molecule has 0 atom stereocenters. The number of likely N-dealkylation sites (tertiary alicyclic amines) is 1. The minimum absolute atomic E-state index is 0.398. The molecule has 5 rings (SSSR count). The van der Waals surface area contributed by atoms with E-state index in [2.05, 4.69) is 39.0 Å². The predicted octanol–water partition coefficient (Wildman–Crippen LogP) is 3.75. The summed E-state index contributed by atoms with van der Waals surface area (Å²) >= 11 is 0. The molecule has 1 saturated heterocycles. The molecule has 1 saturated carbocycles. The van der Waals surface area contributed by atoms with Crippen LogP contribution in [0.4, 0.5) is 10.2 Å². The molecule has 1 aromatic carbocycles. The fraction of sp³-hybridized carbons (Fsp3) is 0.333. The van der Waals surface area contributed by atoms with Crippen LogP contribution in [0.2, 0.25) is 0 Å². The van der Waals surface area contributed by atoms with Gasteiger partial charge in [0.15, 0.2) is 5.67 Å². The van der Waals surface area contributed by atoms with Crippen molar-refractivity contribution in [2.24, 2.45) is 7.05 Å². The van der Waals surface area contributed by atoms with Crippen LogP contribution in [0.3, 0.4) is 0 Å². The lowest BCUT2D eigenvalue weighted by Crippen LogP contribution is -2.61. The number of hydrogen-bond donors (Lipinski definition) is 1. The molecule has 0 radical (unpaired) electrons. The Kier molecular flexibility index (Phi) is 3.59. The third-order valence-corrected chi connectivity index (χ3v) is 5.55. The second kappa shape index (κ2) is 5.89. The molecule has 2 aliphatic rings. The van der Waals surface area contributed by atoms with Crippen molar-refractivity contribution in [3.05, 3.63) is 55.1 Å². The summed E-state index contributed by atoms with van der Waals surface area (Å²) in [6.07, 6.45) is 8.03. The molecule has 0 unspecified atom stereocenters. The Morgan fingerprint density at radius 2 is 2.00 bits per heavy atom. The van der Waals surface area contributed by atoms with Crippen LogP contribution in [0.15, 0.2) is 55.1 Å². The van der Waals surface area contributed by atoms with Gasteiger partial charge in [0.1, 0.15) is 5.82 Å². The summed E-state index contributed by atoms with van der Waals surface area (Å²) in [6, 6.07) is 8.74. The first-order valence-electron chi connectivity index (χ1n) is 9.28. The zero-order valence-electron chi connectivity index (χ0n) is 15.3. The lowest BCUT2D eigenvalue weighted by atomic mass is 9.92. The van der Waals surface area contributed by atoms with Gasteiger partial charge in [-0.1, -0.05) is 18.7 Å². The highest BCUT2D eigenvalue weighted by molar-refractivity contribution is 5.88. The molecule has 3 heterocycles. The Morgan fingerprint density at radius 1 is 1.19 bits per heavy atom. The number of anilines is 1. The summed E-state index contributed by atoms with van der Waals surface area (Å²) in [7, 11) is 1.90. The number of pyridine rings is 1. The SMILES string of the molecule is C=C(Nc1cc2cc(-c3cnn(C)c3)ccc2cn1)C1(F)CN(C2CC2)C1. The summed E-state index contributed by atoms with van der Waals surface area (Å²) < 4.78 is 16.8. The predicted molar refractivity (Wildman–Crippen MR) is 105 cm³/mol. The van der Waals surface area contributed by atoms with Gasteiger partial charge in [0.05, 0.1) is 6.20 Å². The minimum Gasteiger partial charge on any atom is -0.341 e. The van der Waals surface area contributed by atoms with E-state index in [-0.39, 0.29) is 0 Å². The molecule has 2 fully saturated rings. The maximum Gasteiger partial charge on any atom is 0.175 e. The molecule has 6 heteroatoms. The molecule has 0 spiro atoms. The van der Waals surface area contributed by atoms with Gasteiger partial charge in [-0.05, 0) is 35.9 Å². The first-order valence-corrected chi connectivity index (χ1v) is 9.28. The van der Waals surface area contributed by atoms with E-state index in [1.54, 1.807) is 10.9 Å². The van der Waals surface area contributed by atoms with Gasteiger partial charge in [0.25, 0.3) is 0 Å². The van der Waals surface area contributed by atoms with Crippen LogP contribution in [0, 0.1) is 0 Å². The zero-order valence-corrected chi connectivity index (χ0v) is 15.3. The van der Waals surface area contributed by atoms with E-state index in [1.165, 1.54) is 12.8 Å². The van der Waals surface area contributed by atoms with E-state index in [4.69, 9.17) is 0 Å². The maximum absolute atomic E-state index is 15.0. The number of nitrogens with one attached hydrogen (secondary N) is 1. The number of halogens is 1. The minimum atomic E-state index is -1.36. The quantitative estimate of drug-likeness (QED) is 0.750. The first kappa shape index (κ1) is 16.4. The number of aryl methyl sites for hydroxylation is 1. The van der Waals surface area contributed by atoms with Crippen molar-refractivity contribution < 1.29 is 4.39 Å². The van der Waals surface area contributed by atoms with Crippen molar-refractivity contribution in [1.82, 2.24) is 19.7 Å². The van der Waals surface area contributed by atoms with E-state index >= 15 is 0 Å². The smallest absolute Gasteiger partial charge is 0.175 e. The lowest BCUT2D eigenvalue weighted by molar-refractivity contribution is -0.00806. The molecule has 0 bridgehead atoms. The number of aromatic nitrogens is 3. The lowest BCUT2D eigenvalue weighted by Gasteiger charge is -2.45. The normalized spacial score (nSPS) is 19.0. The molecule has 2 aromatic heterocycles. The second-order valence-electron chi connectivity index (χ2n) is 7.74. The van der Waals surface area contributed by atoms with Crippen LogP contribution < -0.4 is 5.32 Å². The van der Waals surface area contributed by atoms with E-state index < -0.39 is 5.67 Å². The number of fused-ring (bicyclic) bond motifs is 1. The largest absolute Gasteiger partial charge is 0.341 e. The Labute approximate surface area is 157 Å². The molecule has 0 amide bonds. The number of hydrogen-bond acceptors (Lipinski definition) is 4. The number of alkyl halides is 1. The molecule has 1 N–H and O–H groups in total. The summed E-state index contributed by atoms with van der Waals surface area (Å²) in [6.45, 7) is 4.81. The highest BCUT2D eigenvalue weighted by Crippen LogP contribution is 2.40. The van der Waals surface area contributed by atoms with Gasteiger partial charge in [-0.2, -0.15) is 5.10 Å². The topological polar surface area (TPSA) is 46.0 Å². The Hall–Kier alpha value is -2.73. The molecule has 27 heavy (non-hydrogen) atoms. The van der Waals surface area contributed by atoms with Crippen LogP contribution in [0.5, 0.6) is 0 Å². The van der Waals surface area contributed by atoms with Crippen molar-refractivity contribution in [3.8, 4) is 11.1 Å². The second-order valence-corrected chi connectivity index (χ2v) is 7.74. The highest BCUT2D eigenvalue weighted by Gasteiger charge is 2.50. The number of benzene rings is 1. The van der Waals surface area contributed by atoms with Crippen molar-refractivity contribution >= 4 is 16.6 Å². The number of nitrogens with zero attached hydrogens (tertiary/aromatic N) is 4. The summed E-state index contributed by atoms with van der Waals surface area (Å²) in [5.74, 6) is 0.623. The first-order chi connectivity index (χ1) is 13.0. The monoisotopic (exact) mass is 363 g/mol. The van der Waals surface area contributed by atoms with Gasteiger partial charge < -0.3 is 5.32 Å². The molecule has 138 valence electrons. The average molecular weight is 363 g/mol. The fourth-order valence-corrected chi connectivity index (χ4v) is 3.71.